The van der Waals surface area contributed by atoms with Crippen molar-refractivity contribution in [3.8, 4) is 0 Å². The summed E-state index contributed by atoms with van der Waals surface area (Å²) in [6.07, 6.45) is 1.17. The Kier molecular flexibility index (Phi) is 7.05. The summed E-state index contributed by atoms with van der Waals surface area (Å²) in [5.41, 5.74) is 1.67. The van der Waals surface area contributed by atoms with E-state index in [0.717, 1.165) is 5.56 Å². The number of halogens is 1. The largest absolute Gasteiger partial charge is 0.480 e. The summed E-state index contributed by atoms with van der Waals surface area (Å²) >= 11 is 0. The number of carboxylic acids is 1. The quantitative estimate of drug-likeness (QED) is 0.664. The van der Waals surface area contributed by atoms with Gasteiger partial charge in [-0.05, 0) is 54.8 Å². The van der Waals surface area contributed by atoms with E-state index in [0.29, 0.717) is 24.1 Å². The van der Waals surface area contributed by atoms with Gasteiger partial charge in [-0.2, -0.15) is 0 Å². The molecule has 0 spiro atoms. The maximum atomic E-state index is 13.2. The number of anilines is 1. The molecule has 142 valence electrons. The molecule has 0 bridgehead atoms. The molecule has 1 atom stereocenters. The van der Waals surface area contributed by atoms with Crippen molar-refractivity contribution in [2.45, 2.75) is 19.8 Å². The van der Waals surface area contributed by atoms with E-state index in [9.17, 15) is 18.8 Å². The molecule has 0 aromatic heterocycles. The van der Waals surface area contributed by atoms with E-state index in [-0.39, 0.29) is 17.6 Å². The molecule has 0 saturated heterocycles. The highest BCUT2D eigenvalue weighted by molar-refractivity contribution is 5.97. The minimum absolute atomic E-state index is 0.172. The Hall–Kier alpha value is -3.22. The number of aliphatic carboxylic acids is 1. The Bertz CT molecular complexity index is 821. The number of nitrogens with one attached hydrogen (secondary N) is 2. The van der Waals surface area contributed by atoms with E-state index in [4.69, 9.17) is 5.11 Å². The average Bonchev–Trinajstić information content (AvgIpc) is 2.64. The van der Waals surface area contributed by atoms with Gasteiger partial charge >= 0.3 is 5.97 Å². The third-order valence-electron chi connectivity index (χ3n) is 4.02. The molecular formula is C20H21FN2O4. The van der Waals surface area contributed by atoms with Gasteiger partial charge in [0.25, 0.3) is 5.91 Å². The third-order valence-corrected chi connectivity index (χ3v) is 4.02. The highest BCUT2D eigenvalue weighted by atomic mass is 19.1. The first-order chi connectivity index (χ1) is 12.8. The van der Waals surface area contributed by atoms with Gasteiger partial charge in [-0.25, -0.2) is 4.39 Å². The Morgan fingerprint density at radius 1 is 1.11 bits per heavy atom. The van der Waals surface area contributed by atoms with Crippen molar-refractivity contribution in [2.24, 2.45) is 5.92 Å². The fraction of sp³-hybridized carbons (Fsp3) is 0.250. The number of carbonyl (C=O) groups excluding carboxylic acids is 2. The number of hydrogen-bond acceptors (Lipinski definition) is 3. The second-order valence-corrected chi connectivity index (χ2v) is 6.21. The summed E-state index contributed by atoms with van der Waals surface area (Å²) in [5.74, 6) is -2.36. The number of hydrogen-bond donors (Lipinski definition) is 3. The fourth-order valence-corrected chi connectivity index (χ4v) is 2.44. The molecule has 27 heavy (non-hydrogen) atoms. The van der Waals surface area contributed by atoms with Crippen LogP contribution in [0.5, 0.6) is 0 Å². The molecule has 2 amide bonds. The highest BCUT2D eigenvalue weighted by Gasteiger charge is 2.14. The molecular weight excluding hydrogens is 351 g/mol. The smallest absolute Gasteiger partial charge is 0.322 e. The lowest BCUT2D eigenvalue weighted by atomic mass is 10.00. The molecule has 1 unspecified atom stereocenters. The lowest BCUT2D eigenvalue weighted by Gasteiger charge is -2.12. The van der Waals surface area contributed by atoms with Crippen LogP contribution in [-0.2, 0) is 16.0 Å². The molecule has 3 N–H and O–H groups in total. The molecule has 2 aromatic rings. The SMILES string of the molecule is CC(CCc1cccc(F)c1)C(=O)Nc1ccc(C(=O)NCC(=O)O)cc1. The van der Waals surface area contributed by atoms with Gasteiger partial charge < -0.3 is 15.7 Å². The van der Waals surface area contributed by atoms with E-state index in [1.165, 1.54) is 24.3 Å². The van der Waals surface area contributed by atoms with E-state index in [1.54, 1.807) is 25.1 Å². The number of carbonyl (C=O) groups is 3. The standard InChI is InChI=1S/C20H21FN2O4/c1-13(5-6-14-3-2-4-16(21)11-14)19(26)23-17-9-7-15(8-10-17)20(27)22-12-18(24)25/h2-4,7-11,13H,5-6,12H2,1H3,(H,22,27)(H,23,26)(H,24,25). The summed E-state index contributed by atoms with van der Waals surface area (Å²) in [5, 5.41) is 13.6. The summed E-state index contributed by atoms with van der Waals surface area (Å²) < 4.78 is 13.2. The van der Waals surface area contributed by atoms with Crippen molar-refractivity contribution in [3.63, 3.8) is 0 Å². The highest BCUT2D eigenvalue weighted by Crippen LogP contribution is 2.15. The monoisotopic (exact) mass is 372 g/mol. The number of amides is 2. The van der Waals surface area contributed by atoms with Crippen LogP contribution in [0.25, 0.3) is 0 Å². The molecule has 0 aliphatic rings. The van der Waals surface area contributed by atoms with Crippen LogP contribution in [0.3, 0.4) is 0 Å². The van der Waals surface area contributed by atoms with Crippen LogP contribution in [0.4, 0.5) is 10.1 Å². The molecule has 0 fully saturated rings. The second-order valence-electron chi connectivity index (χ2n) is 6.21. The van der Waals surface area contributed by atoms with Crippen LogP contribution in [0.15, 0.2) is 48.5 Å². The van der Waals surface area contributed by atoms with Crippen molar-refractivity contribution in [1.82, 2.24) is 5.32 Å². The third kappa shape index (κ3) is 6.54. The van der Waals surface area contributed by atoms with E-state index in [2.05, 4.69) is 10.6 Å². The molecule has 7 heteroatoms. The van der Waals surface area contributed by atoms with Crippen LogP contribution < -0.4 is 10.6 Å². The van der Waals surface area contributed by atoms with Crippen LogP contribution in [0.2, 0.25) is 0 Å². The summed E-state index contributed by atoms with van der Waals surface area (Å²) in [7, 11) is 0. The first-order valence-electron chi connectivity index (χ1n) is 8.50. The Labute approximate surface area is 156 Å². The van der Waals surface area contributed by atoms with Crippen LogP contribution >= 0.6 is 0 Å². The number of rotatable bonds is 8. The van der Waals surface area contributed by atoms with Gasteiger partial charge in [0.1, 0.15) is 12.4 Å². The summed E-state index contributed by atoms with van der Waals surface area (Å²) in [6.45, 7) is 1.34. The minimum atomic E-state index is -1.13. The Balaban J connectivity index is 1.85. The van der Waals surface area contributed by atoms with Gasteiger partial charge in [0.05, 0.1) is 0 Å². The first kappa shape index (κ1) is 20.1. The minimum Gasteiger partial charge on any atom is -0.480 e. The average molecular weight is 372 g/mol. The predicted octanol–water partition coefficient (Wildman–Crippen LogP) is 2.85. The number of benzene rings is 2. The number of aryl methyl sites for hydroxylation is 1. The molecule has 0 aliphatic carbocycles. The molecule has 2 rings (SSSR count). The van der Waals surface area contributed by atoms with E-state index in [1.807, 2.05) is 6.07 Å². The molecule has 0 heterocycles. The Morgan fingerprint density at radius 3 is 2.44 bits per heavy atom. The predicted molar refractivity (Wildman–Crippen MR) is 98.9 cm³/mol. The lowest BCUT2D eigenvalue weighted by Crippen LogP contribution is -2.29. The van der Waals surface area contributed by atoms with Crippen molar-refractivity contribution in [3.05, 3.63) is 65.5 Å². The molecule has 6 nitrogen and oxygen atoms in total. The van der Waals surface area contributed by atoms with Crippen molar-refractivity contribution < 1.29 is 23.9 Å². The second kappa shape index (κ2) is 9.47. The zero-order valence-electron chi connectivity index (χ0n) is 14.9. The van der Waals surface area contributed by atoms with E-state index >= 15 is 0 Å². The van der Waals surface area contributed by atoms with Gasteiger partial charge in [-0.3, -0.25) is 14.4 Å². The Morgan fingerprint density at radius 2 is 1.81 bits per heavy atom. The van der Waals surface area contributed by atoms with Gasteiger partial charge in [0, 0.05) is 17.2 Å². The maximum Gasteiger partial charge on any atom is 0.322 e. The van der Waals surface area contributed by atoms with Crippen molar-refractivity contribution in [1.29, 1.82) is 0 Å². The van der Waals surface area contributed by atoms with Crippen molar-refractivity contribution >= 4 is 23.5 Å². The maximum absolute atomic E-state index is 13.2. The molecule has 0 aliphatic heterocycles. The topological polar surface area (TPSA) is 95.5 Å². The van der Waals surface area contributed by atoms with Gasteiger partial charge in [0.15, 0.2) is 0 Å². The normalized spacial score (nSPS) is 11.5. The first-order valence-corrected chi connectivity index (χ1v) is 8.50. The lowest BCUT2D eigenvalue weighted by molar-refractivity contribution is -0.135. The molecule has 0 saturated carbocycles. The van der Waals surface area contributed by atoms with Gasteiger partial charge in [-0.1, -0.05) is 19.1 Å². The fourth-order valence-electron chi connectivity index (χ4n) is 2.44. The summed E-state index contributed by atoms with van der Waals surface area (Å²) in [4.78, 5) is 34.5. The zero-order chi connectivity index (χ0) is 19.8. The summed E-state index contributed by atoms with van der Waals surface area (Å²) in [6, 6.07) is 12.5. The van der Waals surface area contributed by atoms with Crippen LogP contribution in [-0.4, -0.2) is 29.4 Å². The van der Waals surface area contributed by atoms with Gasteiger partial charge in [0.2, 0.25) is 5.91 Å². The number of carboxylic acid groups (broad SMARTS) is 1. The van der Waals surface area contributed by atoms with Gasteiger partial charge in [-0.15, -0.1) is 0 Å². The molecule has 0 radical (unpaired) electrons. The van der Waals surface area contributed by atoms with Crippen molar-refractivity contribution in [2.75, 3.05) is 11.9 Å². The van der Waals surface area contributed by atoms with E-state index < -0.39 is 18.4 Å². The van der Waals surface area contributed by atoms with Crippen LogP contribution in [0, 0.1) is 11.7 Å². The molecule has 2 aromatic carbocycles. The van der Waals surface area contributed by atoms with Crippen LogP contribution in [0.1, 0.15) is 29.3 Å². The zero-order valence-corrected chi connectivity index (χ0v) is 14.9.